The molecule has 84 valence electrons. The minimum Gasteiger partial charge on any atom is -0.316 e. The van der Waals surface area contributed by atoms with Gasteiger partial charge in [0.2, 0.25) is 0 Å². The Kier molecular flexibility index (Phi) is 3.72. The van der Waals surface area contributed by atoms with Crippen LogP contribution in [0.5, 0.6) is 0 Å². The first-order valence-corrected chi connectivity index (χ1v) is 6.42. The molecule has 1 unspecified atom stereocenters. The number of aromatic nitrogens is 1. The van der Waals surface area contributed by atoms with E-state index in [4.69, 9.17) is 0 Å². The number of thiazole rings is 1. The summed E-state index contributed by atoms with van der Waals surface area (Å²) in [7, 11) is 2.21. The van der Waals surface area contributed by atoms with Crippen LogP contribution in [-0.4, -0.2) is 36.6 Å². The molecule has 0 bridgehead atoms. The maximum atomic E-state index is 4.28. The Balaban J connectivity index is 1.81. The van der Waals surface area contributed by atoms with Gasteiger partial charge in [-0.15, -0.1) is 11.3 Å². The van der Waals surface area contributed by atoms with Crippen LogP contribution in [0.1, 0.15) is 17.0 Å². The fraction of sp³-hybridized carbons (Fsp3) is 0.727. The van der Waals surface area contributed by atoms with Gasteiger partial charge in [0.25, 0.3) is 0 Å². The van der Waals surface area contributed by atoms with Crippen LogP contribution in [0.25, 0.3) is 0 Å². The Morgan fingerprint density at radius 3 is 3.13 bits per heavy atom. The number of rotatable bonds is 4. The Morgan fingerprint density at radius 2 is 2.53 bits per heavy atom. The molecule has 4 heteroatoms. The monoisotopic (exact) mass is 225 g/mol. The molecule has 0 saturated carbocycles. The van der Waals surface area contributed by atoms with Crippen LogP contribution in [0, 0.1) is 12.8 Å². The molecule has 1 saturated heterocycles. The van der Waals surface area contributed by atoms with Crippen molar-refractivity contribution in [3.63, 3.8) is 0 Å². The topological polar surface area (TPSA) is 28.2 Å². The molecule has 1 fully saturated rings. The van der Waals surface area contributed by atoms with Gasteiger partial charge in [0.1, 0.15) is 0 Å². The van der Waals surface area contributed by atoms with Gasteiger partial charge in [0.15, 0.2) is 0 Å². The second-order valence-corrected chi connectivity index (χ2v) is 5.36. The third kappa shape index (κ3) is 3.00. The zero-order valence-corrected chi connectivity index (χ0v) is 10.3. The van der Waals surface area contributed by atoms with Gasteiger partial charge in [-0.3, -0.25) is 0 Å². The lowest BCUT2D eigenvalue weighted by molar-refractivity contribution is 0.280. The van der Waals surface area contributed by atoms with Crippen molar-refractivity contribution < 1.29 is 0 Å². The van der Waals surface area contributed by atoms with Gasteiger partial charge < -0.3 is 10.2 Å². The van der Waals surface area contributed by atoms with Crippen molar-refractivity contribution in [2.24, 2.45) is 5.92 Å². The summed E-state index contributed by atoms with van der Waals surface area (Å²) < 4.78 is 0. The van der Waals surface area contributed by atoms with Crippen LogP contribution in [0.15, 0.2) is 5.51 Å². The van der Waals surface area contributed by atoms with E-state index >= 15 is 0 Å². The van der Waals surface area contributed by atoms with Crippen molar-refractivity contribution in [1.82, 2.24) is 15.2 Å². The zero-order chi connectivity index (χ0) is 10.7. The third-order valence-electron chi connectivity index (χ3n) is 2.99. The van der Waals surface area contributed by atoms with Crippen LogP contribution in [0.4, 0.5) is 0 Å². The fourth-order valence-corrected chi connectivity index (χ4v) is 2.95. The first-order valence-electron chi connectivity index (χ1n) is 5.54. The van der Waals surface area contributed by atoms with Gasteiger partial charge in [0.05, 0.1) is 11.2 Å². The maximum absolute atomic E-state index is 4.28. The van der Waals surface area contributed by atoms with Gasteiger partial charge in [-0.25, -0.2) is 4.98 Å². The average Bonchev–Trinajstić information content (AvgIpc) is 2.79. The van der Waals surface area contributed by atoms with E-state index in [1.165, 1.54) is 36.6 Å². The van der Waals surface area contributed by atoms with Crippen molar-refractivity contribution in [2.45, 2.75) is 19.9 Å². The quantitative estimate of drug-likeness (QED) is 0.841. The highest BCUT2D eigenvalue weighted by Crippen LogP contribution is 2.16. The predicted octanol–water partition coefficient (Wildman–Crippen LogP) is 1.49. The first kappa shape index (κ1) is 11.0. The Labute approximate surface area is 95.5 Å². The van der Waals surface area contributed by atoms with E-state index in [0.717, 1.165) is 12.5 Å². The highest BCUT2D eigenvalue weighted by molar-refractivity contribution is 7.09. The van der Waals surface area contributed by atoms with Crippen molar-refractivity contribution in [2.75, 3.05) is 26.7 Å². The summed E-state index contributed by atoms with van der Waals surface area (Å²) in [5, 5.41) is 3.41. The molecule has 15 heavy (non-hydrogen) atoms. The van der Waals surface area contributed by atoms with Crippen molar-refractivity contribution in [3.05, 3.63) is 16.1 Å². The number of aryl methyl sites for hydroxylation is 1. The molecule has 1 atom stereocenters. The minimum absolute atomic E-state index is 0.836. The Morgan fingerprint density at radius 1 is 1.67 bits per heavy atom. The van der Waals surface area contributed by atoms with E-state index in [1.54, 1.807) is 11.3 Å². The van der Waals surface area contributed by atoms with E-state index < -0.39 is 0 Å². The molecule has 0 aliphatic carbocycles. The molecule has 1 aliphatic rings. The summed E-state index contributed by atoms with van der Waals surface area (Å²) >= 11 is 1.77. The standard InChI is InChI=1S/C11H19N3S/c1-9-11(15-8-13-9)7-14(2)6-10-3-4-12-5-10/h8,10,12H,3-7H2,1-2H3. The molecule has 0 amide bonds. The van der Waals surface area contributed by atoms with E-state index in [9.17, 15) is 0 Å². The molecule has 3 nitrogen and oxygen atoms in total. The van der Waals surface area contributed by atoms with E-state index in [1.807, 2.05) is 5.51 Å². The Hall–Kier alpha value is -0.450. The number of nitrogens with one attached hydrogen (secondary N) is 1. The summed E-state index contributed by atoms with van der Waals surface area (Å²) in [5.41, 5.74) is 3.13. The lowest BCUT2D eigenvalue weighted by Gasteiger charge is -2.19. The van der Waals surface area contributed by atoms with Gasteiger partial charge in [-0.05, 0) is 39.4 Å². The van der Waals surface area contributed by atoms with E-state index in [2.05, 4.69) is 29.2 Å². The maximum Gasteiger partial charge on any atom is 0.0798 e. The molecule has 1 aliphatic heterocycles. The van der Waals surface area contributed by atoms with Crippen LogP contribution < -0.4 is 5.32 Å². The highest BCUT2D eigenvalue weighted by atomic mass is 32.1. The Bertz CT molecular complexity index is 305. The number of hydrogen-bond donors (Lipinski definition) is 1. The van der Waals surface area contributed by atoms with Crippen LogP contribution >= 0.6 is 11.3 Å². The van der Waals surface area contributed by atoms with Crippen molar-refractivity contribution in [1.29, 1.82) is 0 Å². The van der Waals surface area contributed by atoms with Gasteiger partial charge in [-0.1, -0.05) is 0 Å². The van der Waals surface area contributed by atoms with E-state index in [0.29, 0.717) is 0 Å². The van der Waals surface area contributed by atoms with Crippen LogP contribution in [-0.2, 0) is 6.54 Å². The molecule has 1 aromatic rings. The number of nitrogens with zero attached hydrogens (tertiary/aromatic N) is 2. The molecular weight excluding hydrogens is 206 g/mol. The van der Waals surface area contributed by atoms with Gasteiger partial charge in [-0.2, -0.15) is 0 Å². The normalized spacial score (nSPS) is 21.4. The molecule has 0 radical (unpaired) electrons. The van der Waals surface area contributed by atoms with Crippen molar-refractivity contribution >= 4 is 11.3 Å². The number of hydrogen-bond acceptors (Lipinski definition) is 4. The molecule has 0 spiro atoms. The summed E-state index contributed by atoms with van der Waals surface area (Å²) in [6, 6.07) is 0. The molecule has 2 rings (SSSR count). The van der Waals surface area contributed by atoms with Crippen LogP contribution in [0.2, 0.25) is 0 Å². The smallest absolute Gasteiger partial charge is 0.0798 e. The molecule has 2 heterocycles. The SMILES string of the molecule is Cc1ncsc1CN(C)CC1CCNC1. The van der Waals surface area contributed by atoms with Crippen LogP contribution in [0.3, 0.4) is 0 Å². The summed E-state index contributed by atoms with van der Waals surface area (Å²) in [6.07, 6.45) is 1.33. The second-order valence-electron chi connectivity index (χ2n) is 4.42. The van der Waals surface area contributed by atoms with E-state index in [-0.39, 0.29) is 0 Å². The molecule has 1 N–H and O–H groups in total. The third-order valence-corrected chi connectivity index (χ3v) is 3.91. The summed E-state index contributed by atoms with van der Waals surface area (Å²) in [4.78, 5) is 8.10. The fourth-order valence-electron chi connectivity index (χ4n) is 2.10. The molecule has 1 aromatic heterocycles. The second kappa shape index (κ2) is 5.05. The largest absolute Gasteiger partial charge is 0.316 e. The predicted molar refractivity (Wildman–Crippen MR) is 64.2 cm³/mol. The molecular formula is C11H19N3S. The lowest BCUT2D eigenvalue weighted by atomic mass is 10.1. The first-order chi connectivity index (χ1) is 7.25. The molecule has 0 aromatic carbocycles. The zero-order valence-electron chi connectivity index (χ0n) is 9.49. The van der Waals surface area contributed by atoms with Gasteiger partial charge >= 0.3 is 0 Å². The summed E-state index contributed by atoms with van der Waals surface area (Å²) in [5.74, 6) is 0.836. The highest BCUT2D eigenvalue weighted by Gasteiger charge is 2.16. The van der Waals surface area contributed by atoms with Crippen molar-refractivity contribution in [3.8, 4) is 0 Å². The minimum atomic E-state index is 0.836. The van der Waals surface area contributed by atoms with Gasteiger partial charge in [0, 0.05) is 18.0 Å². The lowest BCUT2D eigenvalue weighted by Crippen LogP contribution is -2.26. The average molecular weight is 225 g/mol. The summed E-state index contributed by atoms with van der Waals surface area (Å²) in [6.45, 7) is 6.72.